The minimum atomic E-state index is 0.590. The van der Waals surface area contributed by atoms with Crippen molar-refractivity contribution in [2.45, 2.75) is 0 Å². The van der Waals surface area contributed by atoms with Crippen LogP contribution in [0.1, 0.15) is 0 Å². The molecule has 0 amide bonds. The number of para-hydroxylation sites is 3. The predicted molar refractivity (Wildman–Crippen MR) is 232 cm³/mol. The van der Waals surface area contributed by atoms with Crippen molar-refractivity contribution in [2.75, 3.05) is 0 Å². The molecule has 4 aromatic heterocycles. The SMILES string of the molecule is c1ccc(-c2nc(-c3ccccc3)nc(-c3ccc4c(c3)oc3cc5c(cc34)c3c(-n4c6ccccc6c6ccccc64)cccc3n5-c3ccccc3)n2)cc1. The van der Waals surface area contributed by atoms with Gasteiger partial charge in [0.1, 0.15) is 11.2 Å². The molecule has 0 bridgehead atoms. The summed E-state index contributed by atoms with van der Waals surface area (Å²) in [4.78, 5) is 14.9. The van der Waals surface area contributed by atoms with Crippen LogP contribution < -0.4 is 0 Å². The van der Waals surface area contributed by atoms with E-state index in [4.69, 9.17) is 19.4 Å². The minimum absolute atomic E-state index is 0.590. The molecule has 4 heterocycles. The van der Waals surface area contributed by atoms with Gasteiger partial charge in [-0.15, -0.1) is 0 Å². The largest absolute Gasteiger partial charge is 0.456 e. The Bertz CT molecular complexity index is 3400. The van der Waals surface area contributed by atoms with Crippen molar-refractivity contribution in [2.24, 2.45) is 0 Å². The maximum atomic E-state index is 6.77. The van der Waals surface area contributed by atoms with Gasteiger partial charge in [0.25, 0.3) is 0 Å². The summed E-state index contributed by atoms with van der Waals surface area (Å²) in [5.74, 6) is 1.84. The van der Waals surface area contributed by atoms with E-state index in [0.717, 1.165) is 66.4 Å². The van der Waals surface area contributed by atoms with Crippen LogP contribution in [0.5, 0.6) is 0 Å². The number of hydrogen-bond acceptors (Lipinski definition) is 4. The standard InChI is InChI=1S/C51H31N5O/c1-4-15-32(16-5-1)49-52-50(33-17-6-2-7-18-33)54-51(53-49)34-27-28-38-39-30-40-45(31-47(39)57-46(38)29-34)55(35-19-8-3-9-20-35)43-25-14-26-44(48(40)43)56-41-23-12-10-21-36(41)37-22-11-13-24-42(37)56/h1-31H. The second-order valence-corrected chi connectivity index (χ2v) is 14.4. The smallest absolute Gasteiger partial charge is 0.164 e. The molecule has 0 radical (unpaired) electrons. The molecular weight excluding hydrogens is 699 g/mol. The van der Waals surface area contributed by atoms with Crippen LogP contribution in [0, 0.1) is 0 Å². The van der Waals surface area contributed by atoms with Crippen LogP contribution in [-0.4, -0.2) is 24.1 Å². The fourth-order valence-electron chi connectivity index (χ4n) is 8.62. The average molecular weight is 730 g/mol. The summed E-state index contributed by atoms with van der Waals surface area (Å²) >= 11 is 0. The first-order valence-electron chi connectivity index (χ1n) is 19.1. The van der Waals surface area contributed by atoms with Crippen molar-refractivity contribution in [1.29, 1.82) is 0 Å². The molecule has 0 saturated heterocycles. The van der Waals surface area contributed by atoms with E-state index in [0.29, 0.717) is 17.5 Å². The average Bonchev–Trinajstić information content (AvgIpc) is 3.93. The molecule has 12 rings (SSSR count). The van der Waals surface area contributed by atoms with E-state index in [9.17, 15) is 0 Å². The maximum absolute atomic E-state index is 6.77. The second-order valence-electron chi connectivity index (χ2n) is 14.4. The Balaban J connectivity index is 1.11. The fraction of sp³-hybridized carbons (Fsp3) is 0. The monoisotopic (exact) mass is 729 g/mol. The molecule has 6 nitrogen and oxygen atoms in total. The van der Waals surface area contributed by atoms with Gasteiger partial charge in [-0.3, -0.25) is 0 Å². The third kappa shape index (κ3) is 4.87. The molecule has 12 aromatic rings. The lowest BCUT2D eigenvalue weighted by Gasteiger charge is -2.11. The third-order valence-electron chi connectivity index (χ3n) is 11.2. The molecule has 0 saturated carbocycles. The lowest BCUT2D eigenvalue weighted by molar-refractivity contribution is 0.669. The van der Waals surface area contributed by atoms with Gasteiger partial charge < -0.3 is 13.6 Å². The molecule has 0 atom stereocenters. The molecule has 0 N–H and O–H groups in total. The summed E-state index contributed by atoms with van der Waals surface area (Å²) in [6, 6.07) is 65.6. The van der Waals surface area contributed by atoms with Crippen LogP contribution in [0.2, 0.25) is 0 Å². The lowest BCUT2D eigenvalue weighted by Crippen LogP contribution is -2.00. The highest BCUT2D eigenvalue weighted by Gasteiger charge is 2.22. The van der Waals surface area contributed by atoms with E-state index in [1.165, 1.54) is 27.2 Å². The summed E-state index contributed by atoms with van der Waals surface area (Å²) in [6.45, 7) is 0. The Morgan fingerprint density at radius 1 is 0.333 bits per heavy atom. The third-order valence-corrected chi connectivity index (χ3v) is 11.2. The van der Waals surface area contributed by atoms with Crippen LogP contribution in [0.4, 0.5) is 0 Å². The maximum Gasteiger partial charge on any atom is 0.164 e. The van der Waals surface area contributed by atoms with Crippen molar-refractivity contribution in [1.82, 2.24) is 24.1 Å². The lowest BCUT2D eigenvalue weighted by atomic mass is 10.1. The van der Waals surface area contributed by atoms with Gasteiger partial charge >= 0.3 is 0 Å². The molecule has 266 valence electrons. The molecule has 0 aliphatic carbocycles. The minimum Gasteiger partial charge on any atom is -0.456 e. The van der Waals surface area contributed by atoms with Crippen molar-refractivity contribution < 1.29 is 4.42 Å². The quantitative estimate of drug-likeness (QED) is 0.177. The molecule has 57 heavy (non-hydrogen) atoms. The van der Waals surface area contributed by atoms with Crippen LogP contribution in [0.15, 0.2) is 192 Å². The molecule has 0 unspecified atom stereocenters. The number of rotatable bonds is 5. The van der Waals surface area contributed by atoms with Gasteiger partial charge in [0, 0.05) is 60.8 Å². The Morgan fingerprint density at radius 2 is 0.877 bits per heavy atom. The number of fused-ring (bicyclic) bond motifs is 9. The number of benzene rings is 8. The van der Waals surface area contributed by atoms with E-state index >= 15 is 0 Å². The number of furan rings is 1. The summed E-state index contributed by atoms with van der Waals surface area (Å²) in [7, 11) is 0. The molecular formula is C51H31N5O. The summed E-state index contributed by atoms with van der Waals surface area (Å²) in [5, 5.41) is 6.90. The second kappa shape index (κ2) is 12.3. The van der Waals surface area contributed by atoms with Crippen LogP contribution in [0.25, 0.3) is 111 Å². The van der Waals surface area contributed by atoms with E-state index in [2.05, 4.69) is 137 Å². The topological polar surface area (TPSA) is 61.7 Å². The first-order valence-corrected chi connectivity index (χ1v) is 19.1. The van der Waals surface area contributed by atoms with Gasteiger partial charge in [-0.05, 0) is 54.6 Å². The van der Waals surface area contributed by atoms with Crippen molar-refractivity contribution in [3.8, 4) is 45.5 Å². The van der Waals surface area contributed by atoms with Crippen LogP contribution >= 0.6 is 0 Å². The highest BCUT2D eigenvalue weighted by Crippen LogP contribution is 2.43. The predicted octanol–water partition coefficient (Wildman–Crippen LogP) is 13.0. The van der Waals surface area contributed by atoms with Gasteiger partial charge in [-0.25, -0.2) is 15.0 Å². The van der Waals surface area contributed by atoms with Crippen molar-refractivity contribution in [3.05, 3.63) is 188 Å². The molecule has 0 fully saturated rings. The molecule has 6 heteroatoms. The first kappa shape index (κ1) is 31.5. The zero-order chi connectivity index (χ0) is 37.5. The molecule has 8 aromatic carbocycles. The summed E-state index contributed by atoms with van der Waals surface area (Å²) in [6.07, 6.45) is 0. The first-order chi connectivity index (χ1) is 28.3. The number of nitrogens with zero attached hydrogens (tertiary/aromatic N) is 5. The van der Waals surface area contributed by atoms with E-state index < -0.39 is 0 Å². The number of hydrogen-bond donors (Lipinski definition) is 0. The van der Waals surface area contributed by atoms with Gasteiger partial charge in [0.05, 0.1) is 27.8 Å². The molecule has 0 aliphatic heterocycles. The molecule has 0 aliphatic rings. The zero-order valence-corrected chi connectivity index (χ0v) is 30.5. The Morgan fingerprint density at radius 3 is 1.53 bits per heavy atom. The van der Waals surface area contributed by atoms with Gasteiger partial charge in [0.15, 0.2) is 17.5 Å². The van der Waals surface area contributed by atoms with Crippen LogP contribution in [-0.2, 0) is 0 Å². The Labute approximate surface area is 326 Å². The van der Waals surface area contributed by atoms with E-state index in [-0.39, 0.29) is 0 Å². The van der Waals surface area contributed by atoms with Crippen molar-refractivity contribution in [3.63, 3.8) is 0 Å². The Kier molecular flexibility index (Phi) is 6.83. The van der Waals surface area contributed by atoms with E-state index in [1.807, 2.05) is 60.7 Å². The summed E-state index contributed by atoms with van der Waals surface area (Å²) in [5.41, 5.74) is 11.1. The normalized spacial score (nSPS) is 11.9. The van der Waals surface area contributed by atoms with Gasteiger partial charge in [-0.2, -0.15) is 0 Å². The van der Waals surface area contributed by atoms with E-state index in [1.54, 1.807) is 0 Å². The summed E-state index contributed by atoms with van der Waals surface area (Å²) < 4.78 is 11.6. The number of aromatic nitrogens is 5. The highest BCUT2D eigenvalue weighted by atomic mass is 16.3. The Hall–Kier alpha value is -7.83. The van der Waals surface area contributed by atoms with Crippen LogP contribution in [0.3, 0.4) is 0 Å². The molecule has 0 spiro atoms. The zero-order valence-electron chi connectivity index (χ0n) is 30.5. The van der Waals surface area contributed by atoms with Gasteiger partial charge in [-0.1, -0.05) is 127 Å². The van der Waals surface area contributed by atoms with Crippen molar-refractivity contribution >= 4 is 65.6 Å². The fourth-order valence-corrected chi connectivity index (χ4v) is 8.62. The van der Waals surface area contributed by atoms with Gasteiger partial charge in [0.2, 0.25) is 0 Å². The highest BCUT2D eigenvalue weighted by molar-refractivity contribution is 6.21.